The topological polar surface area (TPSA) is 58.2 Å². The minimum Gasteiger partial charge on any atom is -0.373 e. The van der Waals surface area contributed by atoms with Crippen LogP contribution in [0.25, 0.3) is 10.9 Å². The molecule has 0 bridgehead atoms. The lowest BCUT2D eigenvalue weighted by Gasteiger charge is -2.34. The Morgan fingerprint density at radius 2 is 2.10 bits per heavy atom. The molecule has 6 heteroatoms. The fourth-order valence-electron chi connectivity index (χ4n) is 2.86. The largest absolute Gasteiger partial charge is 0.373 e. The number of hydrogen-bond acceptors (Lipinski definition) is 4. The van der Waals surface area contributed by atoms with Gasteiger partial charge in [-0.1, -0.05) is 11.6 Å². The molecule has 0 unspecified atom stereocenters. The number of halogens is 1. The summed E-state index contributed by atoms with van der Waals surface area (Å²) < 4.78 is 5.71. The number of rotatable bonds is 2. The Labute approximate surface area is 127 Å². The number of H-pyrrole nitrogens is 1. The number of benzene rings is 1. The molecule has 1 fully saturated rings. The smallest absolute Gasteiger partial charge is 0.258 e. The molecule has 1 N–H and O–H groups in total. The molecule has 2 aromatic rings. The molecule has 1 aromatic heterocycles. The van der Waals surface area contributed by atoms with Gasteiger partial charge < -0.3 is 9.72 Å². The fraction of sp³-hybridized carbons (Fsp3) is 0.467. The van der Waals surface area contributed by atoms with Crippen LogP contribution in [0.15, 0.2) is 23.0 Å². The maximum absolute atomic E-state index is 12.1. The summed E-state index contributed by atoms with van der Waals surface area (Å²) in [6, 6.07) is 5.12. The lowest BCUT2D eigenvalue weighted by molar-refractivity contribution is -0.0710. The molecule has 1 aliphatic rings. The zero-order valence-electron chi connectivity index (χ0n) is 12.1. The van der Waals surface area contributed by atoms with Crippen LogP contribution in [0, 0.1) is 0 Å². The molecule has 1 aliphatic heterocycles. The second-order valence-corrected chi connectivity index (χ2v) is 6.06. The zero-order chi connectivity index (χ0) is 15.0. The van der Waals surface area contributed by atoms with Crippen LogP contribution in [-0.2, 0) is 11.3 Å². The summed E-state index contributed by atoms with van der Waals surface area (Å²) in [5, 5.41) is 1.15. The predicted octanol–water partition coefficient (Wildman–Crippen LogP) is 2.19. The summed E-state index contributed by atoms with van der Waals surface area (Å²) in [5.41, 5.74) is 0.511. The summed E-state index contributed by atoms with van der Waals surface area (Å²) in [6.45, 7) is 6.39. The normalized spacial score (nSPS) is 23.6. The van der Waals surface area contributed by atoms with E-state index >= 15 is 0 Å². The monoisotopic (exact) mass is 307 g/mol. The molecule has 5 nitrogen and oxygen atoms in total. The second-order valence-electron chi connectivity index (χ2n) is 5.63. The van der Waals surface area contributed by atoms with Gasteiger partial charge in [0.05, 0.1) is 29.7 Å². The van der Waals surface area contributed by atoms with Gasteiger partial charge >= 0.3 is 0 Å². The van der Waals surface area contributed by atoms with E-state index in [4.69, 9.17) is 16.3 Å². The molecular weight excluding hydrogens is 290 g/mol. The highest BCUT2D eigenvalue weighted by atomic mass is 35.5. The van der Waals surface area contributed by atoms with Crippen molar-refractivity contribution >= 4 is 22.5 Å². The van der Waals surface area contributed by atoms with E-state index in [1.54, 1.807) is 18.2 Å². The van der Waals surface area contributed by atoms with Crippen molar-refractivity contribution in [3.05, 3.63) is 39.4 Å². The number of nitrogens with zero attached hydrogens (tertiary/aromatic N) is 2. The number of aromatic amines is 1. The Hall–Kier alpha value is -1.43. The molecule has 21 heavy (non-hydrogen) atoms. The molecule has 1 aromatic carbocycles. The van der Waals surface area contributed by atoms with Crippen molar-refractivity contribution in [3.63, 3.8) is 0 Å². The van der Waals surface area contributed by atoms with Crippen LogP contribution in [-0.4, -0.2) is 40.2 Å². The SMILES string of the molecule is C[C@H]1CN(Cc2nc3cc(Cl)ccc3c(=O)[nH]2)C[C@H](C)O1. The Morgan fingerprint density at radius 3 is 2.81 bits per heavy atom. The number of nitrogens with one attached hydrogen (secondary N) is 1. The first-order chi connectivity index (χ1) is 10.0. The fourth-order valence-corrected chi connectivity index (χ4v) is 3.03. The van der Waals surface area contributed by atoms with E-state index in [1.165, 1.54) is 0 Å². The Kier molecular flexibility index (Phi) is 3.97. The van der Waals surface area contributed by atoms with Gasteiger partial charge in [-0.15, -0.1) is 0 Å². The van der Waals surface area contributed by atoms with Gasteiger partial charge in [0.15, 0.2) is 0 Å². The van der Waals surface area contributed by atoms with E-state index in [2.05, 4.69) is 28.7 Å². The predicted molar refractivity (Wildman–Crippen MR) is 82.7 cm³/mol. The number of ether oxygens (including phenoxy) is 1. The molecular formula is C15H18ClN3O2. The quantitative estimate of drug-likeness (QED) is 0.924. The maximum atomic E-state index is 12.1. The standard InChI is InChI=1S/C15H18ClN3O2/c1-9-6-19(7-10(2)21-9)8-14-17-13-5-11(16)3-4-12(13)15(20)18-14/h3-5,9-10H,6-8H2,1-2H3,(H,17,18,20)/t9-,10-/m0/s1. The molecule has 2 atom stereocenters. The Bertz CT molecular complexity index is 706. The molecule has 0 radical (unpaired) electrons. The van der Waals surface area contributed by atoms with Gasteiger partial charge in [0.1, 0.15) is 5.82 Å². The first-order valence-corrected chi connectivity index (χ1v) is 7.45. The first-order valence-electron chi connectivity index (χ1n) is 7.07. The first kappa shape index (κ1) is 14.5. The minimum atomic E-state index is -0.124. The van der Waals surface area contributed by atoms with Gasteiger partial charge in [-0.05, 0) is 32.0 Å². The highest BCUT2D eigenvalue weighted by Crippen LogP contribution is 2.16. The van der Waals surface area contributed by atoms with Crippen LogP contribution in [0.2, 0.25) is 5.02 Å². The average Bonchev–Trinajstić information content (AvgIpc) is 2.36. The Balaban J connectivity index is 1.89. The molecule has 112 valence electrons. The van der Waals surface area contributed by atoms with Crippen molar-refractivity contribution < 1.29 is 4.74 Å². The number of fused-ring (bicyclic) bond motifs is 1. The number of aromatic nitrogens is 2. The van der Waals surface area contributed by atoms with Gasteiger partial charge in [0.2, 0.25) is 0 Å². The van der Waals surface area contributed by atoms with Crippen molar-refractivity contribution in [1.82, 2.24) is 14.9 Å². The second kappa shape index (κ2) is 5.75. The molecule has 3 rings (SSSR count). The molecule has 2 heterocycles. The van der Waals surface area contributed by atoms with Gasteiger partial charge in [0, 0.05) is 18.1 Å². The summed E-state index contributed by atoms with van der Waals surface area (Å²) in [4.78, 5) is 21.7. The maximum Gasteiger partial charge on any atom is 0.258 e. The van der Waals surface area contributed by atoms with E-state index in [1.807, 2.05) is 0 Å². The van der Waals surface area contributed by atoms with Crippen molar-refractivity contribution in [3.8, 4) is 0 Å². The molecule has 0 spiro atoms. The van der Waals surface area contributed by atoms with Crippen LogP contribution in [0.1, 0.15) is 19.7 Å². The van der Waals surface area contributed by atoms with E-state index in [-0.39, 0.29) is 17.8 Å². The van der Waals surface area contributed by atoms with Crippen molar-refractivity contribution in [1.29, 1.82) is 0 Å². The van der Waals surface area contributed by atoms with Gasteiger partial charge in [-0.2, -0.15) is 0 Å². The van der Waals surface area contributed by atoms with Gasteiger partial charge in [-0.3, -0.25) is 9.69 Å². The van der Waals surface area contributed by atoms with E-state index < -0.39 is 0 Å². The van der Waals surface area contributed by atoms with E-state index in [0.717, 1.165) is 13.1 Å². The van der Waals surface area contributed by atoms with Crippen molar-refractivity contribution in [2.75, 3.05) is 13.1 Å². The molecule has 0 saturated carbocycles. The molecule has 0 amide bonds. The van der Waals surface area contributed by atoms with Crippen molar-refractivity contribution in [2.45, 2.75) is 32.6 Å². The van der Waals surface area contributed by atoms with E-state index in [9.17, 15) is 4.79 Å². The van der Waals surface area contributed by atoms with Gasteiger partial charge in [0.25, 0.3) is 5.56 Å². The van der Waals surface area contributed by atoms with Crippen LogP contribution in [0.3, 0.4) is 0 Å². The third-order valence-electron chi connectivity index (χ3n) is 3.59. The summed E-state index contributed by atoms with van der Waals surface area (Å²) in [7, 11) is 0. The lowest BCUT2D eigenvalue weighted by Crippen LogP contribution is -2.45. The van der Waals surface area contributed by atoms with Crippen LogP contribution in [0.4, 0.5) is 0 Å². The van der Waals surface area contributed by atoms with E-state index in [0.29, 0.717) is 28.3 Å². The Morgan fingerprint density at radius 1 is 1.38 bits per heavy atom. The lowest BCUT2D eigenvalue weighted by atomic mass is 10.2. The van der Waals surface area contributed by atoms with Crippen LogP contribution in [0.5, 0.6) is 0 Å². The van der Waals surface area contributed by atoms with Crippen LogP contribution < -0.4 is 5.56 Å². The molecule has 0 aliphatic carbocycles. The minimum absolute atomic E-state index is 0.124. The van der Waals surface area contributed by atoms with Crippen molar-refractivity contribution in [2.24, 2.45) is 0 Å². The number of morpholine rings is 1. The highest BCUT2D eigenvalue weighted by Gasteiger charge is 2.22. The summed E-state index contributed by atoms with van der Waals surface area (Å²) >= 11 is 5.97. The van der Waals surface area contributed by atoms with Gasteiger partial charge in [-0.25, -0.2) is 4.98 Å². The summed E-state index contributed by atoms with van der Waals surface area (Å²) in [6.07, 6.45) is 0.380. The average molecular weight is 308 g/mol. The number of hydrogen-bond donors (Lipinski definition) is 1. The third kappa shape index (κ3) is 3.26. The third-order valence-corrected chi connectivity index (χ3v) is 3.82. The molecule has 1 saturated heterocycles. The van der Waals surface area contributed by atoms with Crippen LogP contribution >= 0.6 is 11.6 Å². The summed E-state index contributed by atoms with van der Waals surface area (Å²) in [5.74, 6) is 0.663. The highest BCUT2D eigenvalue weighted by molar-refractivity contribution is 6.31. The zero-order valence-corrected chi connectivity index (χ0v) is 12.9.